The molecule has 1 aromatic carbocycles. The zero-order chi connectivity index (χ0) is 20.0. The van der Waals surface area contributed by atoms with Gasteiger partial charge in [-0.15, -0.1) is 0 Å². The normalized spacial score (nSPS) is 16.6. The van der Waals surface area contributed by atoms with Gasteiger partial charge in [-0.1, -0.05) is 19.4 Å². The first-order valence-electron chi connectivity index (χ1n) is 9.06. The molecule has 0 spiro atoms. The number of thiocarbonyl (C=S) groups is 1. The van der Waals surface area contributed by atoms with Gasteiger partial charge in [-0.3, -0.25) is 10.1 Å². The Labute approximate surface area is 166 Å². The highest BCUT2D eigenvalue weighted by Crippen LogP contribution is 2.20. The van der Waals surface area contributed by atoms with Gasteiger partial charge < -0.3 is 10.1 Å². The number of hydrogen-bond donors (Lipinski definition) is 2. The largest absolute Gasteiger partial charge is 0.379 e. The molecule has 1 aliphatic heterocycles. The number of ether oxygens (including phenoxy) is 1. The van der Waals surface area contributed by atoms with E-state index in [9.17, 15) is 13.2 Å². The van der Waals surface area contributed by atoms with Gasteiger partial charge in [0.1, 0.15) is 0 Å². The second-order valence-electron chi connectivity index (χ2n) is 6.61. The van der Waals surface area contributed by atoms with Crippen LogP contribution in [0, 0.1) is 6.92 Å². The molecule has 1 fully saturated rings. The van der Waals surface area contributed by atoms with Gasteiger partial charge in [0.15, 0.2) is 5.11 Å². The van der Waals surface area contributed by atoms with Crippen molar-refractivity contribution in [1.82, 2.24) is 14.9 Å². The first-order chi connectivity index (χ1) is 12.8. The summed E-state index contributed by atoms with van der Waals surface area (Å²) in [7, 11) is -3.66. The van der Waals surface area contributed by atoms with E-state index in [1.54, 1.807) is 13.0 Å². The quantitative estimate of drug-likeness (QED) is 0.692. The van der Waals surface area contributed by atoms with E-state index in [1.807, 2.05) is 6.92 Å². The van der Waals surface area contributed by atoms with E-state index in [-0.39, 0.29) is 21.6 Å². The van der Waals surface area contributed by atoms with Crippen molar-refractivity contribution in [2.45, 2.75) is 44.6 Å². The van der Waals surface area contributed by atoms with Gasteiger partial charge >= 0.3 is 0 Å². The Bertz CT molecular complexity index is 790. The number of rotatable bonds is 6. The Morgan fingerprint density at radius 1 is 1.33 bits per heavy atom. The topological polar surface area (TPSA) is 87.7 Å². The van der Waals surface area contributed by atoms with Crippen LogP contribution in [-0.4, -0.2) is 56.1 Å². The van der Waals surface area contributed by atoms with Crippen LogP contribution in [0.25, 0.3) is 0 Å². The molecule has 1 aromatic rings. The second kappa shape index (κ2) is 9.59. The first kappa shape index (κ1) is 21.7. The predicted octanol–water partition coefficient (Wildman–Crippen LogP) is 1.81. The summed E-state index contributed by atoms with van der Waals surface area (Å²) >= 11 is 5.19. The molecule has 27 heavy (non-hydrogen) atoms. The maximum absolute atomic E-state index is 12.8. The molecule has 9 heteroatoms. The van der Waals surface area contributed by atoms with Crippen molar-refractivity contribution in [2.24, 2.45) is 0 Å². The molecule has 150 valence electrons. The Hall–Kier alpha value is -1.55. The number of aryl methyl sites for hydroxylation is 1. The van der Waals surface area contributed by atoms with Crippen LogP contribution in [0.3, 0.4) is 0 Å². The average molecular weight is 414 g/mol. The number of morpholine rings is 1. The summed E-state index contributed by atoms with van der Waals surface area (Å²) in [6.45, 7) is 7.17. The number of hydrogen-bond acceptors (Lipinski definition) is 5. The van der Waals surface area contributed by atoms with E-state index in [1.165, 1.54) is 16.4 Å². The maximum Gasteiger partial charge on any atom is 0.257 e. The summed E-state index contributed by atoms with van der Waals surface area (Å²) in [4.78, 5) is 12.7. The minimum Gasteiger partial charge on any atom is -0.379 e. The molecule has 1 atom stereocenters. The van der Waals surface area contributed by atoms with Crippen molar-refractivity contribution in [3.8, 4) is 0 Å². The summed E-state index contributed by atoms with van der Waals surface area (Å²) < 4.78 is 32.2. The number of nitrogens with one attached hydrogen (secondary N) is 2. The van der Waals surface area contributed by atoms with Crippen LogP contribution in [0.15, 0.2) is 23.1 Å². The summed E-state index contributed by atoms with van der Waals surface area (Å²) in [5.74, 6) is -0.423. The van der Waals surface area contributed by atoms with Crippen LogP contribution in [0.2, 0.25) is 0 Å². The standard InChI is InChI=1S/C18H27N3O4S2/c1-4-5-14(3)19-18(26)20-17(22)16-12-15(7-6-13(16)2)27(23,24)21-8-10-25-11-9-21/h6-7,12,14H,4-5,8-11H2,1-3H3,(H2,19,20,22,26)/t14-/m0/s1. The third-order valence-electron chi connectivity index (χ3n) is 4.39. The lowest BCUT2D eigenvalue weighted by Crippen LogP contribution is -2.43. The highest BCUT2D eigenvalue weighted by Gasteiger charge is 2.27. The van der Waals surface area contributed by atoms with Crippen LogP contribution in [0.1, 0.15) is 42.6 Å². The number of nitrogens with zero attached hydrogens (tertiary/aromatic N) is 1. The third-order valence-corrected chi connectivity index (χ3v) is 6.50. The average Bonchev–Trinajstić information content (AvgIpc) is 2.62. The van der Waals surface area contributed by atoms with E-state index in [0.717, 1.165) is 12.8 Å². The van der Waals surface area contributed by atoms with Crippen LogP contribution in [0.4, 0.5) is 0 Å². The molecular weight excluding hydrogens is 386 g/mol. The number of carbonyl (C=O) groups is 1. The molecule has 0 bridgehead atoms. The van der Waals surface area contributed by atoms with Crippen LogP contribution < -0.4 is 10.6 Å². The van der Waals surface area contributed by atoms with E-state index in [2.05, 4.69) is 17.6 Å². The molecule has 0 unspecified atom stereocenters. The maximum atomic E-state index is 12.8. The highest BCUT2D eigenvalue weighted by molar-refractivity contribution is 7.89. The molecule has 1 amide bonds. The molecule has 1 aliphatic rings. The molecule has 0 aliphatic carbocycles. The monoisotopic (exact) mass is 413 g/mol. The Morgan fingerprint density at radius 3 is 2.63 bits per heavy atom. The number of benzene rings is 1. The summed E-state index contributed by atoms with van der Waals surface area (Å²) in [6, 6.07) is 4.72. The van der Waals surface area contributed by atoms with Crippen molar-refractivity contribution in [3.63, 3.8) is 0 Å². The van der Waals surface area contributed by atoms with Crippen LogP contribution in [0.5, 0.6) is 0 Å². The van der Waals surface area contributed by atoms with Gasteiger partial charge in [-0.2, -0.15) is 4.31 Å². The minimum atomic E-state index is -3.66. The fourth-order valence-electron chi connectivity index (χ4n) is 2.88. The number of amides is 1. The van der Waals surface area contributed by atoms with Gasteiger partial charge in [0.25, 0.3) is 5.91 Å². The van der Waals surface area contributed by atoms with Crippen LogP contribution in [-0.2, 0) is 14.8 Å². The van der Waals surface area contributed by atoms with Crippen molar-refractivity contribution in [2.75, 3.05) is 26.3 Å². The van der Waals surface area contributed by atoms with E-state index in [0.29, 0.717) is 31.9 Å². The number of sulfonamides is 1. The van der Waals surface area contributed by atoms with Gasteiger partial charge in [0.2, 0.25) is 10.0 Å². The van der Waals surface area contributed by atoms with E-state index < -0.39 is 15.9 Å². The summed E-state index contributed by atoms with van der Waals surface area (Å²) in [5.41, 5.74) is 0.967. The molecule has 1 heterocycles. The fraction of sp³-hybridized carbons (Fsp3) is 0.556. The number of carbonyl (C=O) groups excluding carboxylic acids is 1. The van der Waals surface area contributed by atoms with Gasteiger partial charge in [0, 0.05) is 24.7 Å². The lowest BCUT2D eigenvalue weighted by molar-refractivity contribution is 0.0730. The first-order valence-corrected chi connectivity index (χ1v) is 10.9. The lowest BCUT2D eigenvalue weighted by atomic mass is 10.1. The SMILES string of the molecule is CCC[C@H](C)NC(=S)NC(=O)c1cc(S(=O)(=O)N2CCOCC2)ccc1C. The van der Waals surface area contributed by atoms with Crippen molar-refractivity contribution >= 4 is 33.3 Å². The lowest BCUT2D eigenvalue weighted by Gasteiger charge is -2.26. The molecular formula is C18H27N3O4S2. The molecule has 0 aromatic heterocycles. The Balaban J connectivity index is 2.16. The summed E-state index contributed by atoms with van der Waals surface area (Å²) in [6.07, 6.45) is 1.94. The molecule has 7 nitrogen and oxygen atoms in total. The zero-order valence-electron chi connectivity index (χ0n) is 15.9. The van der Waals surface area contributed by atoms with E-state index >= 15 is 0 Å². The second-order valence-corrected chi connectivity index (χ2v) is 8.96. The van der Waals surface area contributed by atoms with E-state index in [4.69, 9.17) is 17.0 Å². The fourth-order valence-corrected chi connectivity index (χ4v) is 4.61. The van der Waals surface area contributed by atoms with Gasteiger partial charge in [-0.25, -0.2) is 8.42 Å². The van der Waals surface area contributed by atoms with Gasteiger partial charge in [0.05, 0.1) is 18.1 Å². The third kappa shape index (κ3) is 5.71. The molecule has 1 saturated heterocycles. The zero-order valence-corrected chi connectivity index (χ0v) is 17.6. The smallest absolute Gasteiger partial charge is 0.257 e. The minimum absolute atomic E-state index is 0.0957. The molecule has 0 saturated carbocycles. The highest BCUT2D eigenvalue weighted by atomic mass is 32.2. The van der Waals surface area contributed by atoms with Crippen molar-refractivity contribution < 1.29 is 17.9 Å². The van der Waals surface area contributed by atoms with Crippen LogP contribution >= 0.6 is 12.2 Å². The molecule has 2 rings (SSSR count). The van der Waals surface area contributed by atoms with Gasteiger partial charge in [-0.05, 0) is 50.2 Å². The van der Waals surface area contributed by atoms with Crippen molar-refractivity contribution in [3.05, 3.63) is 29.3 Å². The Kier molecular flexibility index (Phi) is 7.72. The summed E-state index contributed by atoms with van der Waals surface area (Å²) in [5, 5.41) is 5.93. The molecule has 2 N–H and O–H groups in total. The predicted molar refractivity (Wildman–Crippen MR) is 108 cm³/mol. The Morgan fingerprint density at radius 2 is 2.00 bits per heavy atom. The molecule has 0 radical (unpaired) electrons. The van der Waals surface area contributed by atoms with Crippen molar-refractivity contribution in [1.29, 1.82) is 0 Å².